The molecule has 0 aromatic heterocycles. The van der Waals surface area contributed by atoms with Crippen LogP contribution in [0.25, 0.3) is 0 Å². The summed E-state index contributed by atoms with van der Waals surface area (Å²) in [5.41, 5.74) is 0.979. The SMILES string of the molecule is [CH2-]CN(C)c1[c-]ccc(Cl)c1.[U+2]. The summed E-state index contributed by atoms with van der Waals surface area (Å²) in [4.78, 5) is 1.98. The molecule has 1 rings (SSSR count). The molecule has 3 heteroatoms. The average Bonchev–Trinajstić information content (AvgIpc) is 2.03. The van der Waals surface area contributed by atoms with Crippen molar-refractivity contribution in [1.29, 1.82) is 0 Å². The molecule has 0 N–H and O–H groups in total. The molecule has 0 saturated carbocycles. The van der Waals surface area contributed by atoms with E-state index in [9.17, 15) is 0 Å². The third kappa shape index (κ3) is 3.39. The summed E-state index contributed by atoms with van der Waals surface area (Å²) in [6.07, 6.45) is 0. The van der Waals surface area contributed by atoms with Crippen molar-refractivity contribution in [2.75, 3.05) is 18.5 Å². The van der Waals surface area contributed by atoms with Crippen LogP contribution in [-0.2, 0) is 0 Å². The first-order valence-corrected chi connectivity index (χ1v) is 3.79. The van der Waals surface area contributed by atoms with Crippen molar-refractivity contribution in [1.82, 2.24) is 0 Å². The second-order valence-electron chi connectivity index (χ2n) is 2.31. The summed E-state index contributed by atoms with van der Waals surface area (Å²) in [7, 11) is 1.95. The molecule has 12 heavy (non-hydrogen) atoms. The van der Waals surface area contributed by atoms with Crippen LogP contribution < -0.4 is 4.90 Å². The summed E-state index contributed by atoms with van der Waals surface area (Å²) in [6.45, 7) is 4.47. The van der Waals surface area contributed by atoms with Crippen LogP contribution in [0, 0.1) is 44.1 Å². The van der Waals surface area contributed by atoms with E-state index in [1.165, 1.54) is 0 Å². The Hall–Kier alpha value is 0.362. The van der Waals surface area contributed by atoms with Gasteiger partial charge in [0, 0.05) is 7.05 Å². The number of benzene rings is 1. The predicted molar refractivity (Wildman–Crippen MR) is 48.9 cm³/mol. The third-order valence-electron chi connectivity index (χ3n) is 1.50. The minimum absolute atomic E-state index is 0. The Morgan fingerprint density at radius 1 is 1.67 bits per heavy atom. The van der Waals surface area contributed by atoms with Gasteiger partial charge in [-0.25, -0.2) is 0 Å². The molecule has 0 spiro atoms. The molecule has 0 heterocycles. The van der Waals surface area contributed by atoms with E-state index in [1.807, 2.05) is 30.1 Å². The van der Waals surface area contributed by atoms with Crippen molar-refractivity contribution in [3.8, 4) is 0 Å². The molecule has 1 nitrogen and oxygen atoms in total. The van der Waals surface area contributed by atoms with Gasteiger partial charge in [0.2, 0.25) is 0 Å². The zero-order chi connectivity index (χ0) is 8.27. The Kier molecular flexibility index (Phi) is 6.09. The van der Waals surface area contributed by atoms with Gasteiger partial charge in [-0.3, -0.25) is 0 Å². The predicted octanol–water partition coefficient (Wildman–Crippen LogP) is 2.41. The van der Waals surface area contributed by atoms with E-state index in [4.69, 9.17) is 11.6 Å². The summed E-state index contributed by atoms with van der Waals surface area (Å²) < 4.78 is 0. The fourth-order valence-corrected chi connectivity index (χ4v) is 0.934. The van der Waals surface area contributed by atoms with Gasteiger partial charge >= 0.3 is 31.1 Å². The number of nitrogens with zero attached hydrogens (tertiary/aromatic N) is 1. The molecule has 62 valence electrons. The maximum atomic E-state index is 5.78. The minimum Gasteiger partial charge on any atom is -0.426 e. The quantitative estimate of drug-likeness (QED) is 0.683. The largest absolute Gasteiger partial charge is 2.00 e. The van der Waals surface area contributed by atoms with E-state index in [2.05, 4.69) is 13.0 Å². The molecule has 0 amide bonds. The maximum absolute atomic E-state index is 5.78. The Labute approximate surface area is 102 Å². The van der Waals surface area contributed by atoms with Gasteiger partial charge in [0.1, 0.15) is 0 Å². The molecule has 0 aliphatic heterocycles. The van der Waals surface area contributed by atoms with Crippen molar-refractivity contribution < 1.29 is 31.1 Å². The van der Waals surface area contributed by atoms with E-state index in [0.29, 0.717) is 0 Å². The Morgan fingerprint density at radius 2 is 2.33 bits per heavy atom. The molecule has 0 aliphatic rings. The van der Waals surface area contributed by atoms with E-state index in [0.717, 1.165) is 17.3 Å². The van der Waals surface area contributed by atoms with E-state index in [1.54, 1.807) is 0 Å². The molecule has 0 bridgehead atoms. The van der Waals surface area contributed by atoms with Crippen LogP contribution in [0.1, 0.15) is 0 Å². The van der Waals surface area contributed by atoms with E-state index in [-0.39, 0.29) is 31.1 Å². The summed E-state index contributed by atoms with van der Waals surface area (Å²) in [5.74, 6) is 0. The topological polar surface area (TPSA) is 3.24 Å². The van der Waals surface area contributed by atoms with Gasteiger partial charge in [-0.2, -0.15) is 18.2 Å². The van der Waals surface area contributed by atoms with Crippen LogP contribution in [0.5, 0.6) is 0 Å². The fraction of sp³-hybridized carbons (Fsp3) is 0.222. The van der Waals surface area contributed by atoms with Crippen LogP contribution >= 0.6 is 11.6 Å². The number of anilines is 1. The fourth-order valence-electron chi connectivity index (χ4n) is 0.768. The zero-order valence-corrected chi connectivity index (χ0v) is 11.9. The van der Waals surface area contributed by atoms with Crippen molar-refractivity contribution in [2.24, 2.45) is 0 Å². The Bertz CT molecular complexity index is 240. The zero-order valence-electron chi connectivity index (χ0n) is 6.97. The molecular formula is C9H10ClNU. The maximum Gasteiger partial charge on any atom is 2.00 e. The van der Waals surface area contributed by atoms with E-state index >= 15 is 0 Å². The van der Waals surface area contributed by atoms with Crippen LogP contribution in [0.15, 0.2) is 18.2 Å². The number of halogens is 1. The van der Waals surface area contributed by atoms with Gasteiger partial charge in [0.15, 0.2) is 0 Å². The molecule has 0 unspecified atom stereocenters. The molecule has 1 aromatic rings. The van der Waals surface area contributed by atoms with Crippen LogP contribution in [0.2, 0.25) is 5.02 Å². The van der Waals surface area contributed by atoms with Crippen LogP contribution in [-0.4, -0.2) is 13.6 Å². The first-order chi connectivity index (χ1) is 5.24. The first-order valence-electron chi connectivity index (χ1n) is 3.41. The van der Waals surface area contributed by atoms with Crippen molar-refractivity contribution in [3.63, 3.8) is 0 Å². The van der Waals surface area contributed by atoms with Gasteiger partial charge in [-0.1, -0.05) is 10.7 Å². The van der Waals surface area contributed by atoms with Gasteiger partial charge in [-0.05, 0) is 0 Å². The van der Waals surface area contributed by atoms with Gasteiger partial charge in [-0.15, -0.1) is 24.2 Å². The molecule has 0 aliphatic carbocycles. The van der Waals surface area contributed by atoms with Crippen LogP contribution in [0.4, 0.5) is 5.69 Å². The van der Waals surface area contributed by atoms with E-state index < -0.39 is 0 Å². The molecule has 0 radical (unpaired) electrons. The summed E-state index contributed by atoms with van der Waals surface area (Å²) in [5, 5.41) is 0.735. The van der Waals surface area contributed by atoms with Crippen LogP contribution in [0.3, 0.4) is 0 Å². The molecule has 0 atom stereocenters. The first kappa shape index (κ1) is 12.4. The smallest absolute Gasteiger partial charge is 0.426 e. The number of rotatable bonds is 2. The second kappa shape index (κ2) is 5.91. The van der Waals surface area contributed by atoms with Gasteiger partial charge < -0.3 is 11.8 Å². The Morgan fingerprint density at radius 3 is 2.83 bits per heavy atom. The van der Waals surface area contributed by atoms with Gasteiger partial charge in [0.05, 0.1) is 0 Å². The third-order valence-corrected chi connectivity index (χ3v) is 1.73. The van der Waals surface area contributed by atoms with Crippen molar-refractivity contribution in [2.45, 2.75) is 0 Å². The molecular weight excluding hydrogens is 396 g/mol. The van der Waals surface area contributed by atoms with Gasteiger partial charge in [0.25, 0.3) is 0 Å². The number of hydrogen-bond donors (Lipinski definition) is 0. The van der Waals surface area contributed by atoms with Crippen molar-refractivity contribution in [3.05, 3.63) is 36.2 Å². The molecule has 0 fully saturated rings. The summed E-state index contributed by atoms with van der Waals surface area (Å²) >= 11 is 5.78. The monoisotopic (exact) mass is 405 g/mol. The normalized spacial score (nSPS) is 8.92. The molecule has 1 aromatic carbocycles. The standard InChI is InChI=1S/C9H10ClN.U/c1-3-11(2)9-6-4-5-8(10)7-9;/h4-5,7H,1,3H2,2H3;/q-2;+2. The molecule has 0 saturated heterocycles. The Balaban J connectivity index is 0.00000121. The van der Waals surface area contributed by atoms with Crippen molar-refractivity contribution >= 4 is 17.3 Å². The average molecular weight is 406 g/mol. The minimum atomic E-state index is 0. The summed E-state index contributed by atoms with van der Waals surface area (Å²) in [6, 6.07) is 8.55. The second-order valence-corrected chi connectivity index (χ2v) is 2.75. The number of hydrogen-bond acceptors (Lipinski definition) is 1.